The van der Waals surface area contributed by atoms with Gasteiger partial charge >= 0.3 is 6.09 Å². The van der Waals surface area contributed by atoms with Crippen LogP contribution >= 0.6 is 0 Å². The highest BCUT2D eigenvalue weighted by atomic mass is 16.5. The lowest BCUT2D eigenvalue weighted by molar-refractivity contribution is 0.131. The van der Waals surface area contributed by atoms with Gasteiger partial charge in [0.15, 0.2) is 0 Å². The average molecular weight is 320 g/mol. The highest BCUT2D eigenvalue weighted by Gasteiger charge is 2.11. The Kier molecular flexibility index (Phi) is 7.73. The van der Waals surface area contributed by atoms with Crippen molar-refractivity contribution in [1.82, 2.24) is 4.90 Å². The Morgan fingerprint density at radius 2 is 2.04 bits per heavy atom. The van der Waals surface area contributed by atoms with Crippen LogP contribution < -0.4 is 10.1 Å². The summed E-state index contributed by atoms with van der Waals surface area (Å²) in [6, 6.07) is 7.41. The van der Waals surface area contributed by atoms with Gasteiger partial charge in [-0.2, -0.15) is 0 Å². The summed E-state index contributed by atoms with van der Waals surface area (Å²) in [5, 5.41) is 2.75. The van der Waals surface area contributed by atoms with Gasteiger partial charge in [0.2, 0.25) is 0 Å². The van der Waals surface area contributed by atoms with Crippen molar-refractivity contribution in [3.05, 3.63) is 24.3 Å². The molecule has 0 atom stereocenters. The maximum absolute atomic E-state index is 11.8. The van der Waals surface area contributed by atoms with Crippen LogP contribution in [0.2, 0.25) is 0 Å². The number of hydrogen-bond acceptors (Lipinski definition) is 4. The minimum absolute atomic E-state index is 0.410. The molecule has 0 bridgehead atoms. The summed E-state index contributed by atoms with van der Waals surface area (Å²) in [4.78, 5) is 14.2. The molecule has 1 N–H and O–H groups in total. The van der Waals surface area contributed by atoms with Crippen LogP contribution in [0.4, 0.5) is 10.5 Å². The van der Waals surface area contributed by atoms with Crippen molar-refractivity contribution in [2.24, 2.45) is 0 Å². The van der Waals surface area contributed by atoms with Gasteiger partial charge < -0.3 is 9.47 Å². The molecule has 23 heavy (non-hydrogen) atoms. The fraction of sp³-hybridized carbons (Fsp3) is 0.611. The Morgan fingerprint density at radius 3 is 2.83 bits per heavy atom. The van der Waals surface area contributed by atoms with E-state index >= 15 is 0 Å². The molecular weight excluding hydrogens is 292 g/mol. The number of nitrogens with zero attached hydrogens (tertiary/aromatic N) is 1. The number of carbonyl (C=O) groups excluding carboxylic acids is 1. The number of nitrogens with one attached hydrogen (secondary N) is 1. The lowest BCUT2D eigenvalue weighted by Crippen LogP contribution is -2.33. The van der Waals surface area contributed by atoms with Gasteiger partial charge in [-0.15, -0.1) is 0 Å². The Hall–Kier alpha value is -1.75. The molecule has 1 aliphatic heterocycles. The molecule has 0 unspecified atom stereocenters. The quantitative estimate of drug-likeness (QED) is 0.738. The molecule has 0 saturated carbocycles. The Morgan fingerprint density at radius 1 is 1.22 bits per heavy atom. The number of amides is 1. The summed E-state index contributed by atoms with van der Waals surface area (Å²) in [6.07, 6.45) is 5.52. The van der Waals surface area contributed by atoms with Gasteiger partial charge in [-0.05, 0) is 44.5 Å². The monoisotopic (exact) mass is 320 g/mol. The first-order valence-electron chi connectivity index (χ1n) is 8.67. The molecule has 1 aromatic carbocycles. The van der Waals surface area contributed by atoms with E-state index < -0.39 is 6.09 Å². The maximum Gasteiger partial charge on any atom is 0.411 e. The Balaban J connectivity index is 1.68. The summed E-state index contributed by atoms with van der Waals surface area (Å²) in [5.41, 5.74) is 0.696. The van der Waals surface area contributed by atoms with E-state index in [4.69, 9.17) is 9.47 Å². The number of likely N-dealkylation sites (tertiary alicyclic amines) is 1. The molecule has 1 aromatic rings. The normalized spacial score (nSPS) is 15.2. The molecule has 0 aliphatic carbocycles. The predicted molar refractivity (Wildman–Crippen MR) is 92.1 cm³/mol. The molecule has 5 nitrogen and oxygen atoms in total. The van der Waals surface area contributed by atoms with Crippen LogP contribution in [-0.4, -0.2) is 43.8 Å². The van der Waals surface area contributed by atoms with E-state index in [0.29, 0.717) is 18.9 Å². The molecule has 128 valence electrons. The van der Waals surface area contributed by atoms with Crippen molar-refractivity contribution >= 4 is 11.8 Å². The molecule has 0 radical (unpaired) electrons. The van der Waals surface area contributed by atoms with E-state index in [1.807, 2.05) is 24.3 Å². The molecule has 0 spiro atoms. The first-order valence-corrected chi connectivity index (χ1v) is 8.67. The number of ether oxygens (including phenoxy) is 2. The summed E-state index contributed by atoms with van der Waals surface area (Å²) in [6.45, 7) is 6.29. The summed E-state index contributed by atoms with van der Waals surface area (Å²) < 4.78 is 10.9. The highest BCUT2D eigenvalue weighted by molar-refractivity contribution is 5.84. The lowest BCUT2D eigenvalue weighted by Gasteiger charge is -2.25. The van der Waals surface area contributed by atoms with Crippen molar-refractivity contribution in [2.75, 3.05) is 38.2 Å². The van der Waals surface area contributed by atoms with Crippen molar-refractivity contribution in [2.45, 2.75) is 39.0 Å². The summed E-state index contributed by atoms with van der Waals surface area (Å²) in [7, 11) is 0. The fourth-order valence-electron chi connectivity index (χ4n) is 2.60. The first-order chi connectivity index (χ1) is 11.3. The second-order valence-corrected chi connectivity index (χ2v) is 5.89. The predicted octanol–water partition coefficient (Wildman–Crippen LogP) is 3.90. The van der Waals surface area contributed by atoms with Crippen molar-refractivity contribution in [3.8, 4) is 5.75 Å². The van der Waals surface area contributed by atoms with E-state index in [1.165, 1.54) is 19.3 Å². The maximum atomic E-state index is 11.8. The van der Waals surface area contributed by atoms with Crippen LogP contribution in [0, 0.1) is 0 Å². The number of carbonyl (C=O) groups is 1. The van der Waals surface area contributed by atoms with E-state index in [1.54, 1.807) is 0 Å². The molecule has 1 saturated heterocycles. The molecular formula is C18H28N2O3. The molecule has 1 aliphatic rings. The van der Waals surface area contributed by atoms with Gasteiger partial charge in [-0.25, -0.2) is 4.79 Å². The molecule has 1 fully saturated rings. The van der Waals surface area contributed by atoms with Gasteiger partial charge in [0.05, 0.1) is 6.61 Å². The van der Waals surface area contributed by atoms with Gasteiger partial charge in [0.25, 0.3) is 0 Å². The van der Waals surface area contributed by atoms with Gasteiger partial charge in [-0.1, -0.05) is 25.8 Å². The van der Waals surface area contributed by atoms with Crippen LogP contribution in [0.5, 0.6) is 5.75 Å². The number of anilines is 1. The molecule has 2 rings (SSSR count). The third kappa shape index (κ3) is 6.91. The summed E-state index contributed by atoms with van der Waals surface area (Å²) >= 11 is 0. The van der Waals surface area contributed by atoms with Gasteiger partial charge in [-0.3, -0.25) is 10.2 Å². The SMILES string of the molecule is CCCCOc1cccc(NC(=O)OCCN2CCCCC2)c1. The zero-order valence-electron chi connectivity index (χ0n) is 14.1. The molecule has 5 heteroatoms. The van der Waals surface area contributed by atoms with Gasteiger partial charge in [0, 0.05) is 18.3 Å². The number of benzene rings is 1. The van der Waals surface area contributed by atoms with Crippen LogP contribution in [0.25, 0.3) is 0 Å². The van der Waals surface area contributed by atoms with Crippen LogP contribution in [0.3, 0.4) is 0 Å². The second kappa shape index (κ2) is 10.1. The molecule has 0 aromatic heterocycles. The second-order valence-electron chi connectivity index (χ2n) is 5.89. The van der Waals surface area contributed by atoms with Crippen LogP contribution in [-0.2, 0) is 4.74 Å². The number of hydrogen-bond donors (Lipinski definition) is 1. The fourth-order valence-corrected chi connectivity index (χ4v) is 2.60. The average Bonchev–Trinajstić information content (AvgIpc) is 2.56. The van der Waals surface area contributed by atoms with Crippen LogP contribution in [0.1, 0.15) is 39.0 Å². The zero-order valence-corrected chi connectivity index (χ0v) is 14.1. The molecule has 1 amide bonds. The number of unbranched alkanes of at least 4 members (excludes halogenated alkanes) is 1. The smallest absolute Gasteiger partial charge is 0.411 e. The van der Waals surface area contributed by atoms with E-state index in [2.05, 4.69) is 17.1 Å². The summed E-state index contributed by atoms with van der Waals surface area (Å²) in [5.74, 6) is 0.768. The third-order valence-electron chi connectivity index (χ3n) is 3.94. The zero-order chi connectivity index (χ0) is 16.3. The largest absolute Gasteiger partial charge is 0.494 e. The van der Waals surface area contributed by atoms with Crippen molar-refractivity contribution in [3.63, 3.8) is 0 Å². The Labute approximate surface area is 139 Å². The number of rotatable bonds is 8. The standard InChI is InChI=1S/C18H28N2O3/c1-2-3-13-22-17-9-7-8-16(15-17)19-18(21)23-14-12-20-10-5-4-6-11-20/h7-9,15H,2-6,10-14H2,1H3,(H,19,21). The Bertz CT molecular complexity index is 473. The lowest BCUT2D eigenvalue weighted by atomic mass is 10.1. The topological polar surface area (TPSA) is 50.8 Å². The third-order valence-corrected chi connectivity index (χ3v) is 3.94. The highest BCUT2D eigenvalue weighted by Crippen LogP contribution is 2.18. The van der Waals surface area contributed by atoms with Crippen LogP contribution in [0.15, 0.2) is 24.3 Å². The number of piperidine rings is 1. The first kappa shape index (κ1) is 17.6. The van der Waals surface area contributed by atoms with E-state index in [0.717, 1.165) is 38.2 Å². The van der Waals surface area contributed by atoms with E-state index in [-0.39, 0.29) is 0 Å². The van der Waals surface area contributed by atoms with Gasteiger partial charge in [0.1, 0.15) is 12.4 Å². The molecule has 1 heterocycles. The minimum Gasteiger partial charge on any atom is -0.494 e. The van der Waals surface area contributed by atoms with E-state index in [9.17, 15) is 4.79 Å². The minimum atomic E-state index is -0.410. The van der Waals surface area contributed by atoms with Crippen molar-refractivity contribution < 1.29 is 14.3 Å². The van der Waals surface area contributed by atoms with Crippen molar-refractivity contribution in [1.29, 1.82) is 0 Å².